The van der Waals surface area contributed by atoms with Gasteiger partial charge in [-0.15, -0.1) is 0 Å². The number of carbonyl (C=O) groups excluding carboxylic acids is 2. The van der Waals surface area contributed by atoms with Crippen LogP contribution < -0.4 is 10.6 Å². The zero-order chi connectivity index (χ0) is 18.0. The van der Waals surface area contributed by atoms with E-state index in [4.69, 9.17) is 0 Å². The van der Waals surface area contributed by atoms with Gasteiger partial charge in [0.25, 0.3) is 11.8 Å². The molecule has 2 N–H and O–H groups in total. The third-order valence-corrected chi connectivity index (χ3v) is 1.98. The van der Waals surface area contributed by atoms with Crippen molar-refractivity contribution in [3.63, 3.8) is 0 Å². The second-order valence-electron chi connectivity index (χ2n) is 3.66. The van der Waals surface area contributed by atoms with Gasteiger partial charge in [0.15, 0.2) is 0 Å². The highest BCUT2D eigenvalue weighted by Gasteiger charge is 2.64. The third-order valence-electron chi connectivity index (χ3n) is 1.98. The Balaban J connectivity index is 4.42. The minimum absolute atomic E-state index is 0.925. The van der Waals surface area contributed by atoms with E-state index in [1.807, 2.05) is 0 Å². The molecule has 2 amide bonds. The Morgan fingerprint density at radius 1 is 0.591 bits per heavy atom. The van der Waals surface area contributed by atoms with Crippen molar-refractivity contribution in [2.24, 2.45) is 0 Å². The zero-order valence-electron chi connectivity index (χ0n) is 10.0. The lowest BCUT2D eigenvalue weighted by Crippen LogP contribution is -2.53. The molecule has 0 radical (unpaired) electrons. The van der Waals surface area contributed by atoms with Gasteiger partial charge in [0.05, 0.1) is 0 Å². The molecule has 14 heteroatoms. The molecule has 0 bridgehead atoms. The van der Waals surface area contributed by atoms with Crippen LogP contribution in [0.25, 0.3) is 0 Å². The standard InChI is InChI=1S/C8H6F10N2O2/c9-5(10,7(13,14)15)3(21)19-1-2-20-4(22)6(11,12)8(16,17)18/h1-2H2,(H,19,21)(H,20,22). The van der Waals surface area contributed by atoms with Crippen LogP contribution in [0.3, 0.4) is 0 Å². The van der Waals surface area contributed by atoms with Gasteiger partial charge in [0.2, 0.25) is 0 Å². The SMILES string of the molecule is O=C(NCCNC(=O)C(F)(F)C(F)(F)F)C(F)(F)C(F)(F)F. The molecule has 130 valence electrons. The quantitative estimate of drug-likeness (QED) is 0.584. The molecule has 0 aliphatic heterocycles. The van der Waals surface area contributed by atoms with Crippen molar-refractivity contribution in [1.29, 1.82) is 0 Å². The number of carbonyl (C=O) groups is 2. The molecule has 0 aliphatic rings. The first-order valence-corrected chi connectivity index (χ1v) is 5.01. The fraction of sp³-hybridized carbons (Fsp3) is 0.750. The lowest BCUT2D eigenvalue weighted by molar-refractivity contribution is -0.270. The Morgan fingerprint density at radius 2 is 0.818 bits per heavy atom. The fourth-order valence-electron chi connectivity index (χ4n) is 0.832. The maximum Gasteiger partial charge on any atom is 0.463 e. The molecule has 0 unspecified atom stereocenters. The van der Waals surface area contributed by atoms with E-state index in [1.165, 1.54) is 0 Å². The van der Waals surface area contributed by atoms with Crippen molar-refractivity contribution < 1.29 is 53.5 Å². The summed E-state index contributed by atoms with van der Waals surface area (Å²) >= 11 is 0. The van der Waals surface area contributed by atoms with Crippen molar-refractivity contribution in [2.45, 2.75) is 24.2 Å². The molecular weight excluding hydrogens is 346 g/mol. The van der Waals surface area contributed by atoms with E-state index in [-0.39, 0.29) is 0 Å². The van der Waals surface area contributed by atoms with Gasteiger partial charge in [0, 0.05) is 13.1 Å². The molecular formula is C8H6F10N2O2. The Kier molecular flexibility index (Phi) is 5.67. The van der Waals surface area contributed by atoms with Gasteiger partial charge < -0.3 is 10.6 Å². The van der Waals surface area contributed by atoms with Crippen LogP contribution in [0.1, 0.15) is 0 Å². The van der Waals surface area contributed by atoms with Gasteiger partial charge in [-0.05, 0) is 0 Å². The monoisotopic (exact) mass is 352 g/mol. The molecule has 0 saturated carbocycles. The third kappa shape index (κ3) is 4.37. The van der Waals surface area contributed by atoms with Gasteiger partial charge in [0.1, 0.15) is 0 Å². The first-order chi connectivity index (χ1) is 9.55. The molecule has 0 fully saturated rings. The van der Waals surface area contributed by atoms with E-state index < -0.39 is 49.1 Å². The molecule has 0 aromatic carbocycles. The van der Waals surface area contributed by atoms with Gasteiger partial charge in [-0.2, -0.15) is 43.9 Å². The normalized spacial score (nSPS) is 13.7. The van der Waals surface area contributed by atoms with E-state index in [0.717, 1.165) is 10.6 Å². The summed E-state index contributed by atoms with van der Waals surface area (Å²) in [5.41, 5.74) is 0. The highest BCUT2D eigenvalue weighted by atomic mass is 19.4. The molecule has 0 aliphatic carbocycles. The Bertz CT molecular complexity index is 388. The Hall–Kier alpha value is -1.76. The van der Waals surface area contributed by atoms with Gasteiger partial charge in [-0.3, -0.25) is 9.59 Å². The maximum atomic E-state index is 12.4. The molecule has 0 rings (SSSR count). The largest absolute Gasteiger partial charge is 0.463 e. The Morgan fingerprint density at radius 3 is 1.00 bits per heavy atom. The number of alkyl halides is 10. The van der Waals surface area contributed by atoms with Crippen LogP contribution in [0.5, 0.6) is 0 Å². The van der Waals surface area contributed by atoms with Gasteiger partial charge in [-0.1, -0.05) is 0 Å². The lowest BCUT2D eigenvalue weighted by Gasteiger charge is -2.20. The summed E-state index contributed by atoms with van der Waals surface area (Å²) in [6.07, 6.45) is -12.4. The molecule has 4 nitrogen and oxygen atoms in total. The van der Waals surface area contributed by atoms with Gasteiger partial charge >= 0.3 is 24.2 Å². The molecule has 0 heterocycles. The van der Waals surface area contributed by atoms with E-state index in [0.29, 0.717) is 0 Å². The second kappa shape index (κ2) is 6.16. The number of hydrogen-bond acceptors (Lipinski definition) is 2. The van der Waals surface area contributed by atoms with E-state index in [1.54, 1.807) is 0 Å². The average molecular weight is 352 g/mol. The highest BCUT2D eigenvalue weighted by Crippen LogP contribution is 2.36. The van der Waals surface area contributed by atoms with E-state index in [9.17, 15) is 53.5 Å². The van der Waals surface area contributed by atoms with Crippen LogP contribution >= 0.6 is 0 Å². The first kappa shape index (κ1) is 20.2. The summed E-state index contributed by atoms with van der Waals surface area (Å²) < 4.78 is 120. The van der Waals surface area contributed by atoms with Crippen LogP contribution in [-0.4, -0.2) is 49.1 Å². The first-order valence-electron chi connectivity index (χ1n) is 5.01. The summed E-state index contributed by atoms with van der Waals surface area (Å²) in [5, 5.41) is 1.85. The Labute approximate surface area is 114 Å². The predicted octanol–water partition coefficient (Wildman–Crippen LogP) is 1.61. The summed E-state index contributed by atoms with van der Waals surface area (Å²) in [6, 6.07) is 0. The molecule has 22 heavy (non-hydrogen) atoms. The minimum atomic E-state index is -6.22. The predicted molar refractivity (Wildman–Crippen MR) is 48.0 cm³/mol. The van der Waals surface area contributed by atoms with Crippen LogP contribution in [0, 0.1) is 0 Å². The van der Waals surface area contributed by atoms with Crippen molar-refractivity contribution in [2.75, 3.05) is 13.1 Å². The van der Waals surface area contributed by atoms with E-state index >= 15 is 0 Å². The number of amides is 2. The lowest BCUT2D eigenvalue weighted by atomic mass is 10.3. The maximum absolute atomic E-state index is 12.4. The second-order valence-corrected chi connectivity index (χ2v) is 3.66. The topological polar surface area (TPSA) is 58.2 Å². The number of rotatable bonds is 5. The average Bonchev–Trinajstić information content (AvgIpc) is 2.30. The number of nitrogens with one attached hydrogen (secondary N) is 2. The van der Waals surface area contributed by atoms with Crippen molar-refractivity contribution >= 4 is 11.8 Å². The van der Waals surface area contributed by atoms with Crippen LogP contribution in [0.2, 0.25) is 0 Å². The zero-order valence-corrected chi connectivity index (χ0v) is 10.0. The van der Waals surface area contributed by atoms with Crippen molar-refractivity contribution in [1.82, 2.24) is 10.6 Å². The fourth-order valence-corrected chi connectivity index (χ4v) is 0.832. The smallest absolute Gasteiger partial charge is 0.349 e. The van der Waals surface area contributed by atoms with Crippen LogP contribution in [-0.2, 0) is 9.59 Å². The summed E-state index contributed by atoms with van der Waals surface area (Å²) in [7, 11) is 0. The number of halogens is 10. The molecule has 0 aromatic rings. The number of hydrogen-bond donors (Lipinski definition) is 2. The van der Waals surface area contributed by atoms with Crippen molar-refractivity contribution in [3.05, 3.63) is 0 Å². The molecule has 0 atom stereocenters. The molecule has 0 aromatic heterocycles. The van der Waals surface area contributed by atoms with Crippen LogP contribution in [0.15, 0.2) is 0 Å². The van der Waals surface area contributed by atoms with Gasteiger partial charge in [-0.25, -0.2) is 0 Å². The summed E-state index contributed by atoms with van der Waals surface area (Å²) in [5.74, 6) is -17.3. The molecule has 0 saturated heterocycles. The van der Waals surface area contributed by atoms with E-state index in [2.05, 4.69) is 0 Å². The highest BCUT2D eigenvalue weighted by molar-refractivity contribution is 5.85. The molecule has 0 spiro atoms. The minimum Gasteiger partial charge on any atom is -0.349 e. The van der Waals surface area contributed by atoms with Crippen LogP contribution in [0.4, 0.5) is 43.9 Å². The summed E-state index contributed by atoms with van der Waals surface area (Å²) in [6.45, 7) is -2.46. The van der Waals surface area contributed by atoms with Crippen molar-refractivity contribution in [3.8, 4) is 0 Å². The summed E-state index contributed by atoms with van der Waals surface area (Å²) in [4.78, 5) is 21.0.